The van der Waals surface area contributed by atoms with Gasteiger partial charge in [0, 0.05) is 10.4 Å². The van der Waals surface area contributed by atoms with Crippen LogP contribution >= 0.6 is 11.3 Å². The van der Waals surface area contributed by atoms with Gasteiger partial charge in [-0.25, -0.2) is 4.79 Å². The molecule has 0 aliphatic heterocycles. The molecule has 1 aliphatic carbocycles. The van der Waals surface area contributed by atoms with Gasteiger partial charge in [0.15, 0.2) is 0 Å². The summed E-state index contributed by atoms with van der Waals surface area (Å²) in [5.41, 5.74) is 6.74. The van der Waals surface area contributed by atoms with Crippen molar-refractivity contribution in [3.05, 3.63) is 45.8 Å². The quantitative estimate of drug-likeness (QED) is 0.617. The maximum Gasteiger partial charge on any atom is 0.319 e. The molecule has 1 heterocycles. The molecule has 1 aromatic carbocycles. The van der Waals surface area contributed by atoms with Crippen LogP contribution in [0.1, 0.15) is 57.3 Å². The number of hydrogen-bond donors (Lipinski definition) is 3. The number of thiophene rings is 1. The number of benzene rings is 1. The van der Waals surface area contributed by atoms with Crippen molar-refractivity contribution in [2.45, 2.75) is 39.0 Å². The fraction of sp³-hybridized carbons (Fsp3) is 0.350. The monoisotopic (exact) mass is 401 g/mol. The minimum absolute atomic E-state index is 0.333. The topological polar surface area (TPSA) is 111 Å². The van der Waals surface area contributed by atoms with Crippen LogP contribution in [0, 0.1) is 0 Å². The molecule has 2 aromatic rings. The molecule has 8 heteroatoms. The molecule has 0 saturated heterocycles. The smallest absolute Gasteiger partial charge is 0.319 e. The first-order chi connectivity index (χ1) is 13.5. The Morgan fingerprint density at radius 1 is 1.21 bits per heavy atom. The van der Waals surface area contributed by atoms with E-state index in [0.29, 0.717) is 28.5 Å². The summed E-state index contributed by atoms with van der Waals surface area (Å²) < 4.78 is 5.65. The third-order valence-corrected chi connectivity index (χ3v) is 5.68. The second-order valence-corrected chi connectivity index (χ2v) is 7.67. The zero-order valence-electron chi connectivity index (χ0n) is 15.7. The number of anilines is 1. The van der Waals surface area contributed by atoms with Crippen LogP contribution in [0.5, 0.6) is 5.75 Å². The number of fused-ring (bicyclic) bond motifs is 1. The van der Waals surface area contributed by atoms with Gasteiger partial charge >= 0.3 is 6.03 Å². The molecular weight excluding hydrogens is 378 g/mol. The number of rotatable bonds is 7. The van der Waals surface area contributed by atoms with E-state index in [1.807, 2.05) is 0 Å². The number of primary amides is 1. The molecule has 0 bridgehead atoms. The molecule has 0 unspecified atom stereocenters. The predicted octanol–water partition coefficient (Wildman–Crippen LogP) is 3.48. The van der Waals surface area contributed by atoms with Crippen molar-refractivity contribution in [1.29, 1.82) is 0 Å². The summed E-state index contributed by atoms with van der Waals surface area (Å²) in [6.45, 7) is 2.67. The predicted molar refractivity (Wildman–Crippen MR) is 108 cm³/mol. The second kappa shape index (κ2) is 8.88. The number of nitrogens with two attached hydrogens (primary N) is 1. The van der Waals surface area contributed by atoms with Crippen molar-refractivity contribution >= 4 is 34.2 Å². The van der Waals surface area contributed by atoms with Crippen LogP contribution in [0.4, 0.5) is 9.80 Å². The van der Waals surface area contributed by atoms with Crippen LogP contribution in [-0.4, -0.2) is 24.5 Å². The molecule has 1 aliphatic rings. The summed E-state index contributed by atoms with van der Waals surface area (Å²) in [4.78, 5) is 37.3. The molecule has 1 aromatic heterocycles. The Morgan fingerprint density at radius 2 is 2.04 bits per heavy atom. The van der Waals surface area contributed by atoms with Gasteiger partial charge in [-0.15, -0.1) is 11.3 Å². The summed E-state index contributed by atoms with van der Waals surface area (Å²) in [5.74, 6) is -0.297. The Balaban J connectivity index is 1.80. The van der Waals surface area contributed by atoms with Crippen LogP contribution < -0.4 is 21.1 Å². The summed E-state index contributed by atoms with van der Waals surface area (Å²) in [6.07, 6.45) is 4.51. The number of hydrogen-bond acceptors (Lipinski definition) is 5. The first-order valence-corrected chi connectivity index (χ1v) is 10.1. The summed E-state index contributed by atoms with van der Waals surface area (Å²) >= 11 is 1.37. The highest BCUT2D eigenvalue weighted by Gasteiger charge is 2.28. The molecule has 0 spiro atoms. The van der Waals surface area contributed by atoms with Crippen molar-refractivity contribution in [2.75, 3.05) is 11.9 Å². The number of imide groups is 1. The van der Waals surface area contributed by atoms with E-state index < -0.39 is 11.9 Å². The van der Waals surface area contributed by atoms with E-state index in [0.717, 1.165) is 42.5 Å². The van der Waals surface area contributed by atoms with E-state index in [-0.39, 0.29) is 5.91 Å². The standard InChI is InChI=1S/C20H23N3O4S/c1-2-3-10-27-13-7-4-6-12(11-13)17(24)22-19-16(18(25)23-20(21)26)14-8-5-9-15(14)28-19/h4,6-7,11H,2-3,5,8-10H2,1H3,(H,22,24)(H3,21,23,25,26). The number of aryl methyl sites for hydroxylation is 1. The largest absolute Gasteiger partial charge is 0.494 e. The Labute approximate surface area is 167 Å². The van der Waals surface area contributed by atoms with E-state index in [4.69, 9.17) is 10.5 Å². The zero-order valence-corrected chi connectivity index (χ0v) is 16.5. The minimum Gasteiger partial charge on any atom is -0.494 e. The molecule has 4 N–H and O–H groups in total. The maximum atomic E-state index is 12.7. The fourth-order valence-corrected chi connectivity index (χ4v) is 4.43. The summed E-state index contributed by atoms with van der Waals surface area (Å²) in [7, 11) is 0. The Hall–Kier alpha value is -2.87. The van der Waals surface area contributed by atoms with Crippen molar-refractivity contribution in [2.24, 2.45) is 5.73 Å². The normalized spacial score (nSPS) is 12.3. The zero-order chi connectivity index (χ0) is 20.1. The SMILES string of the molecule is CCCCOc1cccc(C(=O)Nc2sc3c(c2C(=O)NC(N)=O)CCC3)c1. The summed E-state index contributed by atoms with van der Waals surface area (Å²) in [6, 6.07) is 6.00. The van der Waals surface area contributed by atoms with Gasteiger partial charge < -0.3 is 15.8 Å². The van der Waals surface area contributed by atoms with E-state index in [1.165, 1.54) is 11.3 Å². The first-order valence-electron chi connectivity index (χ1n) is 9.29. The Kier molecular flexibility index (Phi) is 6.30. The van der Waals surface area contributed by atoms with Gasteiger partial charge in [0.2, 0.25) is 0 Å². The molecule has 0 saturated carbocycles. The molecule has 0 atom stereocenters. The molecule has 3 rings (SSSR count). The van der Waals surface area contributed by atoms with Crippen LogP contribution in [0.15, 0.2) is 24.3 Å². The highest BCUT2D eigenvalue weighted by Crippen LogP contribution is 2.39. The third-order valence-electron chi connectivity index (χ3n) is 4.48. The fourth-order valence-electron chi connectivity index (χ4n) is 3.14. The van der Waals surface area contributed by atoms with Crippen LogP contribution in [0.25, 0.3) is 0 Å². The molecular formula is C20H23N3O4S. The Bertz CT molecular complexity index is 907. The number of nitrogens with one attached hydrogen (secondary N) is 2. The second-order valence-electron chi connectivity index (χ2n) is 6.56. The minimum atomic E-state index is -0.919. The number of unbranched alkanes of at least 4 members (excludes halogenated alkanes) is 1. The van der Waals surface area contributed by atoms with Gasteiger partial charge in [0.05, 0.1) is 12.2 Å². The molecule has 0 radical (unpaired) electrons. The van der Waals surface area contributed by atoms with Crippen LogP contribution in [0.2, 0.25) is 0 Å². The van der Waals surface area contributed by atoms with Gasteiger partial charge in [0.25, 0.3) is 11.8 Å². The van der Waals surface area contributed by atoms with Crippen molar-refractivity contribution < 1.29 is 19.1 Å². The van der Waals surface area contributed by atoms with E-state index in [1.54, 1.807) is 24.3 Å². The number of urea groups is 1. The van der Waals surface area contributed by atoms with Crippen LogP contribution in [-0.2, 0) is 12.8 Å². The van der Waals surface area contributed by atoms with Gasteiger partial charge in [-0.1, -0.05) is 19.4 Å². The number of amides is 4. The lowest BCUT2D eigenvalue weighted by Crippen LogP contribution is -2.35. The van der Waals surface area contributed by atoms with Crippen molar-refractivity contribution in [3.63, 3.8) is 0 Å². The number of carbonyl (C=O) groups excluding carboxylic acids is 3. The molecule has 28 heavy (non-hydrogen) atoms. The van der Waals surface area contributed by atoms with Crippen molar-refractivity contribution in [1.82, 2.24) is 5.32 Å². The van der Waals surface area contributed by atoms with Gasteiger partial charge in [0.1, 0.15) is 10.8 Å². The Morgan fingerprint density at radius 3 is 2.79 bits per heavy atom. The molecule has 0 fully saturated rings. The summed E-state index contributed by atoms with van der Waals surface area (Å²) in [5, 5.41) is 5.35. The highest BCUT2D eigenvalue weighted by molar-refractivity contribution is 7.17. The van der Waals surface area contributed by atoms with Gasteiger partial charge in [-0.2, -0.15) is 0 Å². The third kappa shape index (κ3) is 4.51. The average Bonchev–Trinajstić information content (AvgIpc) is 3.22. The van der Waals surface area contributed by atoms with Crippen LogP contribution in [0.3, 0.4) is 0 Å². The average molecular weight is 401 g/mol. The molecule has 7 nitrogen and oxygen atoms in total. The first kappa shape index (κ1) is 19.9. The number of carbonyl (C=O) groups is 3. The van der Waals surface area contributed by atoms with Crippen molar-refractivity contribution in [3.8, 4) is 5.75 Å². The lowest BCUT2D eigenvalue weighted by molar-refractivity contribution is 0.0966. The van der Waals surface area contributed by atoms with E-state index >= 15 is 0 Å². The van der Waals surface area contributed by atoms with Gasteiger partial charge in [-0.05, 0) is 49.4 Å². The number of ether oxygens (including phenoxy) is 1. The highest BCUT2D eigenvalue weighted by atomic mass is 32.1. The van der Waals surface area contributed by atoms with Gasteiger partial charge in [-0.3, -0.25) is 14.9 Å². The lowest BCUT2D eigenvalue weighted by atomic mass is 10.1. The molecule has 4 amide bonds. The van der Waals surface area contributed by atoms with E-state index in [9.17, 15) is 14.4 Å². The maximum absolute atomic E-state index is 12.7. The molecule has 148 valence electrons. The lowest BCUT2D eigenvalue weighted by Gasteiger charge is -2.09. The van der Waals surface area contributed by atoms with E-state index in [2.05, 4.69) is 17.6 Å².